The summed E-state index contributed by atoms with van der Waals surface area (Å²) in [4.78, 5) is 12.6. The summed E-state index contributed by atoms with van der Waals surface area (Å²) in [6.07, 6.45) is 4.64. The molecule has 1 amide bonds. The van der Waals surface area contributed by atoms with Crippen molar-refractivity contribution in [2.24, 2.45) is 22.2 Å². The first-order valence-corrected chi connectivity index (χ1v) is 7.48. The number of nitrogens with one attached hydrogen (secondary N) is 1. The number of hydrazine groups is 1. The van der Waals surface area contributed by atoms with Crippen molar-refractivity contribution in [1.82, 2.24) is 10.4 Å². The lowest BCUT2D eigenvalue weighted by atomic mass is 9.61. The van der Waals surface area contributed by atoms with Crippen LogP contribution in [0.3, 0.4) is 0 Å². The molecule has 0 aromatic rings. The second kappa shape index (κ2) is 5.60. The second-order valence-electron chi connectivity index (χ2n) is 6.56. The molecule has 20 heavy (non-hydrogen) atoms. The largest absolute Gasteiger partial charge is 0.409 e. The Labute approximate surface area is 120 Å². The van der Waals surface area contributed by atoms with Crippen molar-refractivity contribution >= 4 is 11.7 Å². The maximum atomic E-state index is 12.6. The van der Waals surface area contributed by atoms with Gasteiger partial charge < -0.3 is 10.9 Å². The molecule has 1 heterocycles. The molecule has 0 bridgehead atoms. The standard InChI is InChI=1S/C14H26N4O2/c1-9-7-14(8-9,12(15)17-20)13(19)16-18-10(2)5-4-6-11(18)3/h9-11,20H,4-8H2,1-3H3,(H2,15,17)(H,16,19). The van der Waals surface area contributed by atoms with Gasteiger partial charge in [0.1, 0.15) is 5.41 Å². The second-order valence-corrected chi connectivity index (χ2v) is 6.56. The summed E-state index contributed by atoms with van der Waals surface area (Å²) in [7, 11) is 0. The van der Waals surface area contributed by atoms with Gasteiger partial charge in [0.2, 0.25) is 5.91 Å². The Morgan fingerprint density at radius 2 is 1.85 bits per heavy atom. The Morgan fingerprint density at radius 3 is 2.30 bits per heavy atom. The molecule has 0 aromatic heterocycles. The lowest BCUT2D eigenvalue weighted by Gasteiger charge is -2.46. The van der Waals surface area contributed by atoms with Gasteiger partial charge in [0.15, 0.2) is 5.84 Å². The van der Waals surface area contributed by atoms with Crippen molar-refractivity contribution in [2.45, 2.75) is 65.0 Å². The number of nitrogens with two attached hydrogens (primary N) is 1. The smallest absolute Gasteiger partial charge is 0.248 e. The monoisotopic (exact) mass is 282 g/mol. The molecular formula is C14H26N4O2. The van der Waals surface area contributed by atoms with E-state index in [1.54, 1.807) is 0 Å². The minimum Gasteiger partial charge on any atom is -0.409 e. The maximum absolute atomic E-state index is 12.6. The van der Waals surface area contributed by atoms with E-state index in [0.717, 1.165) is 12.8 Å². The van der Waals surface area contributed by atoms with Gasteiger partial charge in [-0.25, -0.2) is 5.01 Å². The molecule has 1 aliphatic carbocycles. The van der Waals surface area contributed by atoms with Crippen molar-refractivity contribution in [3.05, 3.63) is 0 Å². The Morgan fingerprint density at radius 1 is 1.30 bits per heavy atom. The summed E-state index contributed by atoms with van der Waals surface area (Å²) in [5.74, 6) is 0.328. The molecular weight excluding hydrogens is 256 g/mol. The molecule has 2 rings (SSSR count). The normalized spacial score (nSPS) is 39.1. The van der Waals surface area contributed by atoms with Gasteiger partial charge in [0.25, 0.3) is 0 Å². The molecule has 2 atom stereocenters. The van der Waals surface area contributed by atoms with Gasteiger partial charge in [-0.15, -0.1) is 0 Å². The number of piperidine rings is 1. The van der Waals surface area contributed by atoms with E-state index in [-0.39, 0.29) is 11.7 Å². The Hall–Kier alpha value is -1.30. The first-order valence-electron chi connectivity index (χ1n) is 7.48. The van der Waals surface area contributed by atoms with Gasteiger partial charge in [0.05, 0.1) is 0 Å². The zero-order valence-electron chi connectivity index (χ0n) is 12.6. The fourth-order valence-corrected chi connectivity index (χ4v) is 3.60. The van der Waals surface area contributed by atoms with Crippen molar-refractivity contribution in [1.29, 1.82) is 0 Å². The molecule has 0 radical (unpaired) electrons. The average Bonchev–Trinajstić information content (AvgIpc) is 2.38. The summed E-state index contributed by atoms with van der Waals surface area (Å²) in [6.45, 7) is 6.31. The number of oxime groups is 1. The number of nitrogens with zero attached hydrogens (tertiary/aromatic N) is 2. The van der Waals surface area contributed by atoms with Crippen molar-refractivity contribution in [3.8, 4) is 0 Å². The van der Waals surface area contributed by atoms with E-state index in [1.807, 2.05) is 5.01 Å². The van der Waals surface area contributed by atoms with Gasteiger partial charge in [-0.1, -0.05) is 18.5 Å². The van der Waals surface area contributed by atoms with Crippen molar-refractivity contribution in [2.75, 3.05) is 0 Å². The molecule has 2 fully saturated rings. The lowest BCUT2D eigenvalue weighted by molar-refractivity contribution is -0.141. The summed E-state index contributed by atoms with van der Waals surface area (Å²) >= 11 is 0. The molecule has 1 saturated carbocycles. The highest BCUT2D eigenvalue weighted by molar-refractivity contribution is 6.07. The highest BCUT2D eigenvalue weighted by atomic mass is 16.4. The Balaban J connectivity index is 2.09. The van der Waals surface area contributed by atoms with Gasteiger partial charge in [-0.2, -0.15) is 0 Å². The molecule has 2 unspecified atom stereocenters. The average molecular weight is 282 g/mol. The highest BCUT2D eigenvalue weighted by Crippen LogP contribution is 2.46. The molecule has 4 N–H and O–H groups in total. The third-order valence-electron chi connectivity index (χ3n) is 4.85. The van der Waals surface area contributed by atoms with E-state index in [2.05, 4.69) is 31.4 Å². The SMILES string of the molecule is CC1CC(C(=O)NN2C(C)CCCC2C)(C(N)=NO)C1. The molecule has 1 saturated heterocycles. The molecule has 114 valence electrons. The quantitative estimate of drug-likeness (QED) is 0.316. The molecule has 0 aromatic carbocycles. The number of amides is 1. The number of rotatable bonds is 3. The van der Waals surface area contributed by atoms with Crippen LogP contribution in [0, 0.1) is 11.3 Å². The van der Waals surface area contributed by atoms with Crippen LogP contribution >= 0.6 is 0 Å². The van der Waals surface area contributed by atoms with Crippen molar-refractivity contribution in [3.63, 3.8) is 0 Å². The van der Waals surface area contributed by atoms with E-state index in [0.29, 0.717) is 30.8 Å². The minimum atomic E-state index is -0.828. The van der Waals surface area contributed by atoms with Gasteiger partial charge in [-0.05, 0) is 45.4 Å². The Bertz CT molecular complexity index is 394. The first kappa shape index (κ1) is 15.1. The third-order valence-corrected chi connectivity index (χ3v) is 4.85. The topological polar surface area (TPSA) is 91.0 Å². The first-order chi connectivity index (χ1) is 9.40. The van der Waals surface area contributed by atoms with Crippen LogP contribution in [0.15, 0.2) is 5.16 Å². The van der Waals surface area contributed by atoms with E-state index >= 15 is 0 Å². The number of hydrogen-bond acceptors (Lipinski definition) is 4. The van der Waals surface area contributed by atoms with Crippen molar-refractivity contribution < 1.29 is 10.0 Å². The number of carbonyl (C=O) groups excluding carboxylic acids is 1. The van der Waals surface area contributed by atoms with Crippen LogP contribution in [0.4, 0.5) is 0 Å². The van der Waals surface area contributed by atoms with E-state index in [4.69, 9.17) is 10.9 Å². The van der Waals surface area contributed by atoms with Crippen LogP contribution in [0.1, 0.15) is 52.9 Å². The molecule has 1 aliphatic heterocycles. The van der Waals surface area contributed by atoms with Crippen LogP contribution in [-0.4, -0.2) is 34.0 Å². The van der Waals surface area contributed by atoms with Crippen LogP contribution in [-0.2, 0) is 4.79 Å². The van der Waals surface area contributed by atoms with E-state index in [9.17, 15) is 4.79 Å². The third kappa shape index (κ3) is 2.49. The Kier molecular flexibility index (Phi) is 4.22. The van der Waals surface area contributed by atoms with Crippen LogP contribution in [0.25, 0.3) is 0 Å². The van der Waals surface area contributed by atoms with E-state index < -0.39 is 5.41 Å². The van der Waals surface area contributed by atoms with Crippen LogP contribution in [0.2, 0.25) is 0 Å². The van der Waals surface area contributed by atoms with Crippen LogP contribution in [0.5, 0.6) is 0 Å². The molecule has 2 aliphatic rings. The molecule has 0 spiro atoms. The zero-order valence-corrected chi connectivity index (χ0v) is 12.6. The van der Waals surface area contributed by atoms with E-state index in [1.165, 1.54) is 6.42 Å². The van der Waals surface area contributed by atoms with Gasteiger partial charge in [-0.3, -0.25) is 10.2 Å². The summed E-state index contributed by atoms with van der Waals surface area (Å²) < 4.78 is 0. The summed E-state index contributed by atoms with van der Waals surface area (Å²) in [6, 6.07) is 0.647. The number of hydrogen-bond donors (Lipinski definition) is 3. The summed E-state index contributed by atoms with van der Waals surface area (Å²) in [5, 5.41) is 14.1. The maximum Gasteiger partial charge on any atom is 0.248 e. The highest BCUT2D eigenvalue weighted by Gasteiger charge is 2.53. The summed E-state index contributed by atoms with van der Waals surface area (Å²) in [5.41, 5.74) is 7.96. The van der Waals surface area contributed by atoms with Gasteiger partial charge >= 0.3 is 0 Å². The molecule has 6 nitrogen and oxygen atoms in total. The number of carbonyl (C=O) groups is 1. The van der Waals surface area contributed by atoms with Gasteiger partial charge in [0, 0.05) is 12.1 Å². The lowest BCUT2D eigenvalue weighted by Crippen LogP contribution is -2.63. The number of amidine groups is 1. The predicted molar refractivity (Wildman–Crippen MR) is 77.0 cm³/mol. The molecule has 6 heteroatoms. The minimum absolute atomic E-state index is 0.0328. The predicted octanol–water partition coefficient (Wildman–Crippen LogP) is 1.44. The fourth-order valence-electron chi connectivity index (χ4n) is 3.60. The van der Waals surface area contributed by atoms with Crippen LogP contribution < -0.4 is 11.2 Å². The fraction of sp³-hybridized carbons (Fsp3) is 0.857. The zero-order chi connectivity index (χ0) is 14.9.